The maximum absolute atomic E-state index is 9.18. The Kier molecular flexibility index (Phi) is 10.2. The number of aliphatic hydroxyl groups excluding tert-OH is 1. The number of hydrogen-bond acceptors (Lipinski definition) is 4. The summed E-state index contributed by atoms with van der Waals surface area (Å²) in [6.45, 7) is 6.72. The van der Waals surface area contributed by atoms with Crippen LogP contribution in [0.1, 0.15) is 44.9 Å². The van der Waals surface area contributed by atoms with E-state index in [1.807, 2.05) is 26.2 Å². The van der Waals surface area contributed by atoms with Crippen LogP contribution in [0.15, 0.2) is 27.8 Å². The zero-order chi connectivity index (χ0) is 17.8. The number of likely N-dealkylation sites (N-methyl/N-ethyl adjacent to an activating group) is 1. The molecule has 0 bridgehead atoms. The molecule has 2 atom stereocenters. The molecule has 0 amide bonds. The first-order chi connectivity index (χ1) is 11.6. The van der Waals surface area contributed by atoms with E-state index < -0.39 is 0 Å². The summed E-state index contributed by atoms with van der Waals surface area (Å²) >= 11 is 0. The molecule has 0 aliphatic carbocycles. The van der Waals surface area contributed by atoms with Gasteiger partial charge in [-0.15, -0.1) is 0 Å². The highest BCUT2D eigenvalue weighted by atomic mass is 16.3. The maximum Gasteiger partial charge on any atom is 0.191 e. The van der Waals surface area contributed by atoms with Gasteiger partial charge in [-0.25, -0.2) is 0 Å². The lowest BCUT2D eigenvalue weighted by Gasteiger charge is -2.24. The molecule has 0 fully saturated rings. The van der Waals surface area contributed by atoms with E-state index in [1.165, 1.54) is 0 Å². The molecule has 24 heavy (non-hydrogen) atoms. The second-order valence-corrected chi connectivity index (χ2v) is 6.26. The van der Waals surface area contributed by atoms with Crippen molar-refractivity contribution in [3.63, 3.8) is 0 Å². The summed E-state index contributed by atoms with van der Waals surface area (Å²) in [5.74, 6) is 2.19. The van der Waals surface area contributed by atoms with Crippen molar-refractivity contribution >= 4 is 5.96 Å². The van der Waals surface area contributed by atoms with Crippen molar-refractivity contribution in [1.82, 2.24) is 15.5 Å². The molecule has 3 N–H and O–H groups in total. The Balaban J connectivity index is 2.64. The summed E-state index contributed by atoms with van der Waals surface area (Å²) in [4.78, 5) is 6.82. The molecule has 1 heterocycles. The molecular formula is C18H34N4O2. The molecule has 0 aromatic carbocycles. The van der Waals surface area contributed by atoms with Crippen molar-refractivity contribution in [1.29, 1.82) is 0 Å². The van der Waals surface area contributed by atoms with Crippen LogP contribution in [0.3, 0.4) is 0 Å². The van der Waals surface area contributed by atoms with Gasteiger partial charge in [0.15, 0.2) is 5.96 Å². The summed E-state index contributed by atoms with van der Waals surface area (Å²) in [6, 6.07) is 4.05. The Morgan fingerprint density at radius 3 is 2.62 bits per heavy atom. The molecule has 0 saturated carbocycles. The number of hydrogen-bond donors (Lipinski definition) is 3. The van der Waals surface area contributed by atoms with E-state index in [0.29, 0.717) is 12.5 Å². The monoisotopic (exact) mass is 338 g/mol. The smallest absolute Gasteiger partial charge is 0.191 e. The zero-order valence-corrected chi connectivity index (χ0v) is 15.6. The summed E-state index contributed by atoms with van der Waals surface area (Å²) < 4.78 is 5.54. The van der Waals surface area contributed by atoms with Crippen molar-refractivity contribution in [2.45, 2.75) is 39.2 Å². The Morgan fingerprint density at radius 2 is 2.08 bits per heavy atom. The van der Waals surface area contributed by atoms with Gasteiger partial charge in [-0.1, -0.05) is 13.3 Å². The third-order valence-electron chi connectivity index (χ3n) is 4.04. The summed E-state index contributed by atoms with van der Waals surface area (Å²) in [5, 5.41) is 15.9. The fourth-order valence-electron chi connectivity index (χ4n) is 2.69. The van der Waals surface area contributed by atoms with Crippen molar-refractivity contribution in [3.05, 3.63) is 24.2 Å². The van der Waals surface area contributed by atoms with E-state index in [9.17, 15) is 5.11 Å². The van der Waals surface area contributed by atoms with Crippen LogP contribution in [-0.4, -0.2) is 56.3 Å². The number of nitrogens with one attached hydrogen (secondary N) is 2. The van der Waals surface area contributed by atoms with Crippen molar-refractivity contribution in [3.8, 4) is 0 Å². The zero-order valence-electron chi connectivity index (χ0n) is 15.6. The minimum atomic E-state index is 0.146. The summed E-state index contributed by atoms with van der Waals surface area (Å²) in [7, 11) is 4.08. The molecule has 138 valence electrons. The van der Waals surface area contributed by atoms with E-state index in [4.69, 9.17) is 9.41 Å². The summed E-state index contributed by atoms with van der Waals surface area (Å²) in [5.41, 5.74) is 0. The van der Waals surface area contributed by atoms with Gasteiger partial charge in [0.05, 0.1) is 12.3 Å². The van der Waals surface area contributed by atoms with E-state index in [-0.39, 0.29) is 12.6 Å². The maximum atomic E-state index is 9.18. The van der Waals surface area contributed by atoms with Crippen molar-refractivity contribution in [2.75, 3.05) is 40.3 Å². The van der Waals surface area contributed by atoms with Gasteiger partial charge in [0.2, 0.25) is 0 Å². The lowest BCUT2D eigenvalue weighted by molar-refractivity contribution is 0.253. The lowest BCUT2D eigenvalue weighted by atomic mass is 10.0. The number of nitrogens with zero attached hydrogens (tertiary/aromatic N) is 2. The highest BCUT2D eigenvalue weighted by molar-refractivity contribution is 5.79. The Hall–Kier alpha value is -1.53. The van der Waals surface area contributed by atoms with Crippen LogP contribution >= 0.6 is 0 Å². The second-order valence-electron chi connectivity index (χ2n) is 6.26. The predicted octanol–water partition coefficient (Wildman–Crippen LogP) is 2.24. The summed E-state index contributed by atoms with van der Waals surface area (Å²) in [6.07, 6.45) is 4.72. The van der Waals surface area contributed by atoms with Crippen LogP contribution in [0.25, 0.3) is 0 Å². The number of rotatable bonds is 11. The molecular weight excluding hydrogens is 304 g/mol. The number of aliphatic hydroxyl groups is 1. The fourth-order valence-corrected chi connectivity index (χ4v) is 2.69. The molecule has 0 spiro atoms. The van der Waals surface area contributed by atoms with Crippen LogP contribution in [0.4, 0.5) is 0 Å². The molecule has 0 aliphatic rings. The van der Waals surface area contributed by atoms with Gasteiger partial charge in [0.1, 0.15) is 5.76 Å². The Morgan fingerprint density at radius 1 is 1.29 bits per heavy atom. The molecule has 1 rings (SSSR count). The number of furan rings is 1. The van der Waals surface area contributed by atoms with Gasteiger partial charge in [-0.2, -0.15) is 0 Å². The first kappa shape index (κ1) is 20.5. The van der Waals surface area contributed by atoms with Crippen molar-refractivity contribution in [2.24, 2.45) is 10.9 Å². The molecule has 1 aromatic rings. The normalized spacial score (nSPS) is 14.7. The quantitative estimate of drug-likeness (QED) is 0.426. The first-order valence-electron chi connectivity index (χ1n) is 8.95. The van der Waals surface area contributed by atoms with Crippen LogP contribution in [0.5, 0.6) is 0 Å². The predicted molar refractivity (Wildman–Crippen MR) is 99.2 cm³/mol. The standard InChI is InChI=1S/C18H34N4O2/c1-5-8-15(10-11-23)13-20-18(19-6-2)21-14-16(22(3)4)17-9-7-12-24-17/h7,9,12,15-16,23H,5-6,8,10-11,13-14H2,1-4H3,(H2,19,20,21). The third-order valence-corrected chi connectivity index (χ3v) is 4.04. The van der Waals surface area contributed by atoms with E-state index in [1.54, 1.807) is 6.26 Å². The van der Waals surface area contributed by atoms with Crippen LogP contribution in [0, 0.1) is 5.92 Å². The van der Waals surface area contributed by atoms with E-state index >= 15 is 0 Å². The first-order valence-corrected chi connectivity index (χ1v) is 8.95. The minimum Gasteiger partial charge on any atom is -0.468 e. The molecule has 0 radical (unpaired) electrons. The molecule has 6 nitrogen and oxygen atoms in total. The third kappa shape index (κ3) is 7.36. The molecule has 6 heteroatoms. The van der Waals surface area contributed by atoms with E-state index in [0.717, 1.165) is 44.1 Å². The lowest BCUT2D eigenvalue weighted by Crippen LogP contribution is -2.42. The van der Waals surface area contributed by atoms with Crippen LogP contribution in [-0.2, 0) is 0 Å². The molecule has 2 unspecified atom stereocenters. The average molecular weight is 338 g/mol. The number of guanidine groups is 1. The number of aliphatic imine (C=N–C) groups is 1. The Bertz CT molecular complexity index is 440. The topological polar surface area (TPSA) is 73.0 Å². The highest BCUT2D eigenvalue weighted by Crippen LogP contribution is 2.17. The average Bonchev–Trinajstić information content (AvgIpc) is 3.06. The van der Waals surface area contributed by atoms with E-state index in [2.05, 4.69) is 29.4 Å². The Labute approximate surface area is 146 Å². The minimum absolute atomic E-state index is 0.146. The largest absolute Gasteiger partial charge is 0.468 e. The SMILES string of the molecule is CCCC(CCO)CN=C(NCC)NCC(c1ccco1)N(C)C. The van der Waals surface area contributed by atoms with Gasteiger partial charge in [0, 0.05) is 26.2 Å². The van der Waals surface area contributed by atoms with Gasteiger partial charge in [-0.05, 0) is 51.9 Å². The van der Waals surface area contributed by atoms with Gasteiger partial charge >= 0.3 is 0 Å². The van der Waals surface area contributed by atoms with Gasteiger partial charge in [-0.3, -0.25) is 9.89 Å². The molecule has 0 aliphatic heterocycles. The van der Waals surface area contributed by atoms with Crippen molar-refractivity contribution < 1.29 is 9.52 Å². The second kappa shape index (κ2) is 11.9. The van der Waals surface area contributed by atoms with Crippen LogP contribution < -0.4 is 10.6 Å². The van der Waals surface area contributed by atoms with Gasteiger partial charge in [0.25, 0.3) is 0 Å². The van der Waals surface area contributed by atoms with Crippen LogP contribution in [0.2, 0.25) is 0 Å². The van der Waals surface area contributed by atoms with Gasteiger partial charge < -0.3 is 20.2 Å². The fraction of sp³-hybridized carbons (Fsp3) is 0.722. The molecule has 1 aromatic heterocycles. The highest BCUT2D eigenvalue weighted by Gasteiger charge is 2.17. The molecule has 0 saturated heterocycles.